The van der Waals surface area contributed by atoms with Gasteiger partial charge in [-0.05, 0) is 33.3 Å². The number of carbonyl (C=O) groups is 1. The van der Waals surface area contributed by atoms with Crippen molar-refractivity contribution in [2.45, 2.75) is 32.8 Å². The number of rotatable bonds is 5. The minimum atomic E-state index is -0.563. The predicted octanol–water partition coefficient (Wildman–Crippen LogP) is 2.16. The number of aromatic nitrogens is 1. The molecule has 8 nitrogen and oxygen atoms in total. The summed E-state index contributed by atoms with van der Waals surface area (Å²) in [6, 6.07) is 1.14. The number of nitro groups is 1. The molecule has 0 aliphatic carbocycles. The number of hydrogen-bond donors (Lipinski definition) is 1. The highest BCUT2D eigenvalue weighted by Gasteiger charge is 2.16. The minimum Gasteiger partial charge on any atom is -0.619 e. The summed E-state index contributed by atoms with van der Waals surface area (Å²) in [7, 11) is 0. The van der Waals surface area contributed by atoms with Gasteiger partial charge in [0.15, 0.2) is 12.4 Å². The second kappa shape index (κ2) is 7.39. The monoisotopic (exact) mass is 309 g/mol. The summed E-state index contributed by atoms with van der Waals surface area (Å²) in [6.07, 6.45) is 5.23. The molecule has 0 radical (unpaired) electrons. The third-order valence-electron chi connectivity index (χ3n) is 2.41. The minimum absolute atomic E-state index is 0.150. The van der Waals surface area contributed by atoms with Gasteiger partial charge in [-0.3, -0.25) is 10.1 Å². The van der Waals surface area contributed by atoms with E-state index in [1.807, 2.05) is 0 Å². The van der Waals surface area contributed by atoms with E-state index in [1.54, 1.807) is 26.8 Å². The van der Waals surface area contributed by atoms with Crippen molar-refractivity contribution in [3.05, 3.63) is 45.4 Å². The van der Waals surface area contributed by atoms with Gasteiger partial charge in [0.1, 0.15) is 11.2 Å². The Morgan fingerprint density at radius 2 is 2.18 bits per heavy atom. The molecule has 0 aliphatic rings. The summed E-state index contributed by atoms with van der Waals surface area (Å²) in [5, 5.41) is 24.6. The fourth-order valence-corrected chi connectivity index (χ4v) is 1.56. The molecule has 0 aromatic carbocycles. The fraction of sp³-hybridized carbons (Fsp3) is 0.429. The van der Waals surface area contributed by atoms with Crippen molar-refractivity contribution in [3.8, 4) is 0 Å². The van der Waals surface area contributed by atoms with Gasteiger partial charge in [0, 0.05) is 6.54 Å². The average molecular weight is 309 g/mol. The van der Waals surface area contributed by atoms with Crippen LogP contribution in [0.2, 0.25) is 0 Å². The van der Waals surface area contributed by atoms with E-state index in [4.69, 9.17) is 4.74 Å². The summed E-state index contributed by atoms with van der Waals surface area (Å²) in [5.41, 5.74) is -0.505. The molecule has 120 valence electrons. The molecule has 0 fully saturated rings. The van der Waals surface area contributed by atoms with E-state index in [2.05, 4.69) is 5.32 Å². The van der Waals surface area contributed by atoms with Crippen molar-refractivity contribution in [3.63, 3.8) is 0 Å². The van der Waals surface area contributed by atoms with Gasteiger partial charge in [0.05, 0.1) is 11.0 Å². The molecule has 22 heavy (non-hydrogen) atoms. The normalized spacial score (nSPS) is 11.4. The van der Waals surface area contributed by atoms with Crippen molar-refractivity contribution >= 4 is 17.9 Å². The topological polar surface area (TPSA) is 108 Å². The van der Waals surface area contributed by atoms with E-state index in [1.165, 1.54) is 6.08 Å². The van der Waals surface area contributed by atoms with Crippen LogP contribution in [0.4, 0.5) is 10.5 Å². The quantitative estimate of drug-likeness (QED) is 0.295. The molecule has 0 aliphatic heterocycles. The van der Waals surface area contributed by atoms with Crippen molar-refractivity contribution < 1.29 is 19.2 Å². The zero-order valence-electron chi connectivity index (χ0n) is 12.7. The maximum Gasteiger partial charge on any atom is 0.407 e. The maximum atomic E-state index is 11.4. The molecule has 0 spiro atoms. The highest BCUT2D eigenvalue weighted by atomic mass is 16.6. The molecule has 0 atom stereocenters. The van der Waals surface area contributed by atoms with Crippen molar-refractivity contribution in [2.75, 3.05) is 6.54 Å². The first-order chi connectivity index (χ1) is 10.2. The maximum absolute atomic E-state index is 11.4. The lowest BCUT2D eigenvalue weighted by Crippen LogP contribution is -2.32. The Bertz CT molecular complexity index is 578. The van der Waals surface area contributed by atoms with Gasteiger partial charge >= 0.3 is 6.09 Å². The molecule has 0 bridgehead atoms. The molecule has 1 aromatic rings. The van der Waals surface area contributed by atoms with Crippen LogP contribution in [0.15, 0.2) is 24.5 Å². The van der Waals surface area contributed by atoms with Crippen molar-refractivity contribution in [1.82, 2.24) is 5.32 Å². The van der Waals surface area contributed by atoms with E-state index in [0.29, 0.717) is 17.7 Å². The highest BCUT2D eigenvalue weighted by Crippen LogP contribution is 2.17. The zero-order chi connectivity index (χ0) is 16.8. The van der Waals surface area contributed by atoms with Crippen LogP contribution in [0.3, 0.4) is 0 Å². The van der Waals surface area contributed by atoms with Gasteiger partial charge in [-0.15, -0.1) is 0 Å². The van der Waals surface area contributed by atoms with Crippen LogP contribution in [0.5, 0.6) is 0 Å². The molecule has 0 saturated heterocycles. The number of amides is 1. The molecule has 1 heterocycles. The number of carbonyl (C=O) groups excluding carboxylic acids is 1. The molecular weight excluding hydrogens is 290 g/mol. The first kappa shape index (κ1) is 17.4. The molecule has 0 saturated carbocycles. The third kappa shape index (κ3) is 6.21. The van der Waals surface area contributed by atoms with Gasteiger partial charge in [-0.1, -0.05) is 6.08 Å². The smallest absolute Gasteiger partial charge is 0.407 e. The van der Waals surface area contributed by atoms with Crippen LogP contribution in [0, 0.1) is 15.3 Å². The van der Waals surface area contributed by atoms with Crippen LogP contribution in [-0.4, -0.2) is 23.2 Å². The molecule has 1 aromatic heterocycles. The number of nitrogens with zero attached hydrogens (tertiary/aromatic N) is 2. The molecule has 0 unspecified atom stereocenters. The average Bonchev–Trinajstić information content (AvgIpc) is 2.35. The Balaban J connectivity index is 2.52. The van der Waals surface area contributed by atoms with Crippen LogP contribution in [0.1, 0.15) is 32.8 Å². The first-order valence-electron chi connectivity index (χ1n) is 6.69. The first-order valence-corrected chi connectivity index (χ1v) is 6.69. The van der Waals surface area contributed by atoms with Gasteiger partial charge < -0.3 is 15.3 Å². The van der Waals surface area contributed by atoms with Crippen molar-refractivity contribution in [1.29, 1.82) is 0 Å². The van der Waals surface area contributed by atoms with Crippen molar-refractivity contribution in [2.24, 2.45) is 0 Å². The Morgan fingerprint density at radius 3 is 2.77 bits per heavy atom. The molecule has 1 N–H and O–H groups in total. The van der Waals surface area contributed by atoms with Crippen LogP contribution < -0.4 is 10.0 Å². The molecule has 1 rings (SSSR count). The SMILES string of the molecule is CC(C)(C)OC(=O)NCCC=Cc1c[n+]([O-])ccc1[N+](=O)[O-]. The Kier molecular flexibility index (Phi) is 5.85. The Hall–Kier alpha value is -2.64. The second-order valence-corrected chi connectivity index (χ2v) is 5.52. The largest absolute Gasteiger partial charge is 0.619 e. The fourth-order valence-electron chi connectivity index (χ4n) is 1.56. The number of nitrogens with one attached hydrogen (secondary N) is 1. The summed E-state index contributed by atoms with van der Waals surface area (Å²) >= 11 is 0. The lowest BCUT2D eigenvalue weighted by atomic mass is 10.2. The van der Waals surface area contributed by atoms with Gasteiger partial charge in [0.25, 0.3) is 5.69 Å². The molecule has 8 heteroatoms. The molecule has 1 amide bonds. The van der Waals surface area contributed by atoms with Gasteiger partial charge in [-0.25, -0.2) is 4.79 Å². The van der Waals surface area contributed by atoms with E-state index in [0.717, 1.165) is 18.5 Å². The summed E-state index contributed by atoms with van der Waals surface area (Å²) in [5.74, 6) is 0. The standard InChI is InChI=1S/C14H19N3O5/c1-14(2,3)22-13(18)15-8-5-4-6-11-10-16(19)9-7-12(11)17(20)21/h4,6-7,9-10H,5,8H2,1-3H3,(H,15,18). The summed E-state index contributed by atoms with van der Waals surface area (Å²) in [4.78, 5) is 21.7. The summed E-state index contributed by atoms with van der Waals surface area (Å²) in [6.45, 7) is 5.61. The Labute approximate surface area is 128 Å². The van der Waals surface area contributed by atoms with Crippen LogP contribution in [0.25, 0.3) is 6.08 Å². The van der Waals surface area contributed by atoms with Gasteiger partial charge in [-0.2, -0.15) is 4.73 Å². The number of ether oxygens (including phenoxy) is 1. The number of alkyl carbamates (subject to hydrolysis) is 1. The highest BCUT2D eigenvalue weighted by molar-refractivity contribution is 5.67. The predicted molar refractivity (Wildman–Crippen MR) is 79.9 cm³/mol. The Morgan fingerprint density at radius 1 is 1.50 bits per heavy atom. The number of pyridine rings is 1. The van der Waals surface area contributed by atoms with E-state index in [-0.39, 0.29) is 11.3 Å². The van der Waals surface area contributed by atoms with Crippen LogP contribution in [-0.2, 0) is 4.74 Å². The van der Waals surface area contributed by atoms with E-state index < -0.39 is 16.6 Å². The lowest BCUT2D eigenvalue weighted by molar-refractivity contribution is -0.606. The molecular formula is C14H19N3O5. The van der Waals surface area contributed by atoms with E-state index >= 15 is 0 Å². The third-order valence-corrected chi connectivity index (χ3v) is 2.41. The van der Waals surface area contributed by atoms with E-state index in [9.17, 15) is 20.1 Å². The van der Waals surface area contributed by atoms with Gasteiger partial charge in [0.2, 0.25) is 0 Å². The number of hydrogen-bond acceptors (Lipinski definition) is 5. The summed E-state index contributed by atoms with van der Waals surface area (Å²) < 4.78 is 5.55. The second-order valence-electron chi connectivity index (χ2n) is 5.52. The van der Waals surface area contributed by atoms with Crippen LogP contribution >= 0.6 is 0 Å². The lowest BCUT2D eigenvalue weighted by Gasteiger charge is -2.19. The zero-order valence-corrected chi connectivity index (χ0v) is 12.7.